The molecule has 3 nitrogen and oxygen atoms in total. The molecule has 0 saturated carbocycles. The molecule has 7 heteroatoms. The Hall–Kier alpha value is -0.660. The van der Waals surface area contributed by atoms with Crippen LogP contribution in [0.2, 0.25) is 0 Å². The van der Waals surface area contributed by atoms with Gasteiger partial charge in [0.15, 0.2) is 5.01 Å². The van der Waals surface area contributed by atoms with Crippen LogP contribution in [0.25, 0.3) is 0 Å². The van der Waals surface area contributed by atoms with Crippen LogP contribution in [-0.2, 0) is 12.7 Å². The van der Waals surface area contributed by atoms with Crippen LogP contribution < -0.4 is 5.32 Å². The number of hydrogen-bond donors (Lipinski definition) is 2. The van der Waals surface area contributed by atoms with E-state index in [0.29, 0.717) is 17.0 Å². The van der Waals surface area contributed by atoms with E-state index in [0.717, 1.165) is 0 Å². The van der Waals surface area contributed by atoms with Crippen molar-refractivity contribution in [3.63, 3.8) is 0 Å². The fraction of sp³-hybridized carbons (Fsp3) is 0.625. The zero-order valence-corrected chi connectivity index (χ0v) is 8.82. The van der Waals surface area contributed by atoms with E-state index in [9.17, 15) is 13.2 Å². The number of hydrogen-bond acceptors (Lipinski definition) is 4. The van der Waals surface area contributed by atoms with Gasteiger partial charge in [0.25, 0.3) is 0 Å². The molecular formula is C8H11F3N2OS. The number of alkyl halides is 3. The van der Waals surface area contributed by atoms with Gasteiger partial charge in [-0.25, -0.2) is 4.98 Å². The fourth-order valence-electron chi connectivity index (χ4n) is 0.862. The topological polar surface area (TPSA) is 45.1 Å². The Morgan fingerprint density at radius 1 is 1.60 bits per heavy atom. The van der Waals surface area contributed by atoms with Gasteiger partial charge in [0.05, 0.1) is 12.3 Å². The first-order chi connectivity index (χ1) is 6.93. The lowest BCUT2D eigenvalue weighted by atomic mass is 10.3. The summed E-state index contributed by atoms with van der Waals surface area (Å²) in [6, 6.07) is -0.152. The lowest BCUT2D eigenvalue weighted by Gasteiger charge is -2.08. The van der Waals surface area contributed by atoms with Crippen LogP contribution in [0, 0.1) is 0 Å². The summed E-state index contributed by atoms with van der Waals surface area (Å²) >= 11 is 0.577. The third kappa shape index (κ3) is 3.77. The summed E-state index contributed by atoms with van der Waals surface area (Å²) in [4.78, 5) is 3.44. The average molecular weight is 240 g/mol. The van der Waals surface area contributed by atoms with Crippen LogP contribution in [0.3, 0.4) is 0 Å². The Labute approximate surface area is 89.0 Å². The summed E-state index contributed by atoms with van der Waals surface area (Å²) in [6.07, 6.45) is -4.37. The first kappa shape index (κ1) is 12.4. The van der Waals surface area contributed by atoms with Crippen molar-refractivity contribution in [2.75, 3.05) is 6.61 Å². The highest BCUT2D eigenvalue weighted by molar-refractivity contribution is 7.09. The number of nitrogens with zero attached hydrogens (tertiary/aromatic N) is 1. The highest BCUT2D eigenvalue weighted by Crippen LogP contribution is 2.31. The Morgan fingerprint density at radius 2 is 2.27 bits per heavy atom. The highest BCUT2D eigenvalue weighted by Gasteiger charge is 2.34. The van der Waals surface area contributed by atoms with Gasteiger partial charge in [0.2, 0.25) is 0 Å². The molecule has 86 valence electrons. The van der Waals surface area contributed by atoms with E-state index in [-0.39, 0.29) is 19.2 Å². The molecule has 0 aliphatic heterocycles. The number of halogens is 3. The molecule has 2 N–H and O–H groups in total. The Bertz CT molecular complexity index is 313. The molecule has 15 heavy (non-hydrogen) atoms. The summed E-state index contributed by atoms with van der Waals surface area (Å²) in [7, 11) is 0. The lowest BCUT2D eigenvalue weighted by Crippen LogP contribution is -2.28. The van der Waals surface area contributed by atoms with Crippen molar-refractivity contribution < 1.29 is 18.3 Å². The fourth-order valence-corrected chi connectivity index (χ4v) is 1.55. The molecule has 0 amide bonds. The molecule has 0 aliphatic carbocycles. The maximum Gasteiger partial charge on any atom is 0.443 e. The van der Waals surface area contributed by atoms with Crippen LogP contribution in [0.1, 0.15) is 17.6 Å². The zero-order chi connectivity index (χ0) is 11.5. The van der Waals surface area contributed by atoms with Gasteiger partial charge >= 0.3 is 6.18 Å². The third-order valence-electron chi connectivity index (χ3n) is 1.70. The molecule has 1 heterocycles. The van der Waals surface area contributed by atoms with Crippen molar-refractivity contribution in [1.29, 1.82) is 0 Å². The minimum absolute atomic E-state index is 0.0593. The second kappa shape index (κ2) is 4.91. The van der Waals surface area contributed by atoms with Crippen molar-refractivity contribution >= 4 is 11.3 Å². The van der Waals surface area contributed by atoms with Gasteiger partial charge in [-0.3, -0.25) is 0 Å². The minimum atomic E-state index is -4.37. The Balaban J connectivity index is 2.54. The molecule has 1 atom stereocenters. The molecule has 0 fully saturated rings. The zero-order valence-electron chi connectivity index (χ0n) is 8.01. The minimum Gasteiger partial charge on any atom is -0.395 e. The van der Waals surface area contributed by atoms with Crippen LogP contribution in [0.5, 0.6) is 0 Å². The molecule has 1 aromatic rings. The molecule has 0 aromatic carbocycles. The molecule has 0 spiro atoms. The molecule has 0 aliphatic rings. The van der Waals surface area contributed by atoms with E-state index >= 15 is 0 Å². The number of aliphatic hydroxyl groups excluding tert-OH is 1. The lowest BCUT2D eigenvalue weighted by molar-refractivity contribution is -0.137. The second-order valence-corrected chi connectivity index (χ2v) is 3.96. The molecule has 0 bridgehead atoms. The smallest absolute Gasteiger partial charge is 0.395 e. The first-order valence-electron chi connectivity index (χ1n) is 4.29. The largest absolute Gasteiger partial charge is 0.443 e. The highest BCUT2D eigenvalue weighted by atomic mass is 32.1. The van der Waals surface area contributed by atoms with Gasteiger partial charge in [0.1, 0.15) is 0 Å². The van der Waals surface area contributed by atoms with Gasteiger partial charge in [-0.05, 0) is 6.92 Å². The summed E-state index contributed by atoms with van der Waals surface area (Å²) in [5.74, 6) is 0. The number of aliphatic hydroxyl groups is 1. The number of rotatable bonds is 4. The van der Waals surface area contributed by atoms with E-state index < -0.39 is 11.2 Å². The standard InChI is InChI=1S/C8H11F3N2OS/c1-5(3-14)12-2-6-4-15-7(13-6)8(9,10)11/h4-5,12,14H,2-3H2,1H3. The van der Waals surface area contributed by atoms with Crippen molar-refractivity contribution in [3.05, 3.63) is 16.1 Å². The molecule has 1 rings (SSSR count). The van der Waals surface area contributed by atoms with Crippen molar-refractivity contribution in [3.8, 4) is 0 Å². The summed E-state index contributed by atoms with van der Waals surface area (Å²) in [5.41, 5.74) is 0.340. The second-order valence-electron chi connectivity index (χ2n) is 3.11. The Kier molecular flexibility index (Phi) is 4.06. The normalized spacial score (nSPS) is 14.2. The van der Waals surface area contributed by atoms with Gasteiger partial charge in [0, 0.05) is 18.0 Å². The van der Waals surface area contributed by atoms with Crippen LogP contribution in [0.4, 0.5) is 13.2 Å². The predicted molar refractivity (Wildman–Crippen MR) is 50.5 cm³/mol. The quantitative estimate of drug-likeness (QED) is 0.840. The molecule has 0 radical (unpaired) electrons. The monoisotopic (exact) mass is 240 g/mol. The summed E-state index contributed by atoms with van der Waals surface area (Å²) < 4.78 is 36.5. The third-order valence-corrected chi connectivity index (χ3v) is 2.64. The first-order valence-corrected chi connectivity index (χ1v) is 5.17. The van der Waals surface area contributed by atoms with Gasteiger partial charge < -0.3 is 10.4 Å². The van der Waals surface area contributed by atoms with Crippen molar-refractivity contribution in [2.45, 2.75) is 25.7 Å². The SMILES string of the molecule is CC(CO)NCc1csc(C(F)(F)F)n1. The molecular weight excluding hydrogens is 229 g/mol. The molecule has 0 saturated heterocycles. The van der Waals surface area contributed by atoms with Crippen LogP contribution in [-0.4, -0.2) is 22.7 Å². The van der Waals surface area contributed by atoms with E-state index in [4.69, 9.17) is 5.11 Å². The molecule has 1 aromatic heterocycles. The number of thiazole rings is 1. The molecule has 1 unspecified atom stereocenters. The summed E-state index contributed by atoms with van der Waals surface area (Å²) in [5, 5.41) is 12.1. The van der Waals surface area contributed by atoms with Crippen LogP contribution >= 0.6 is 11.3 Å². The van der Waals surface area contributed by atoms with Gasteiger partial charge in [-0.15, -0.1) is 11.3 Å². The van der Waals surface area contributed by atoms with E-state index in [1.54, 1.807) is 6.92 Å². The van der Waals surface area contributed by atoms with E-state index in [1.807, 2.05) is 0 Å². The number of nitrogens with one attached hydrogen (secondary N) is 1. The maximum absolute atomic E-state index is 12.2. The van der Waals surface area contributed by atoms with E-state index in [2.05, 4.69) is 10.3 Å². The maximum atomic E-state index is 12.2. The van der Waals surface area contributed by atoms with Crippen molar-refractivity contribution in [1.82, 2.24) is 10.3 Å². The summed E-state index contributed by atoms with van der Waals surface area (Å²) in [6.45, 7) is 1.90. The van der Waals surface area contributed by atoms with Crippen molar-refractivity contribution in [2.24, 2.45) is 0 Å². The van der Waals surface area contributed by atoms with Crippen LogP contribution in [0.15, 0.2) is 5.38 Å². The van der Waals surface area contributed by atoms with Gasteiger partial charge in [-0.1, -0.05) is 0 Å². The predicted octanol–water partition coefficient (Wildman–Crippen LogP) is 1.63. The Morgan fingerprint density at radius 3 is 2.73 bits per heavy atom. The average Bonchev–Trinajstić information content (AvgIpc) is 2.61. The van der Waals surface area contributed by atoms with E-state index in [1.165, 1.54) is 5.38 Å². The van der Waals surface area contributed by atoms with Gasteiger partial charge in [-0.2, -0.15) is 13.2 Å². The number of aromatic nitrogens is 1.